The van der Waals surface area contributed by atoms with E-state index >= 15 is 0 Å². The summed E-state index contributed by atoms with van der Waals surface area (Å²) in [4.78, 5) is 0.222. The van der Waals surface area contributed by atoms with Crippen molar-refractivity contribution in [3.63, 3.8) is 0 Å². The number of hydrogen-bond donors (Lipinski definition) is 2. The van der Waals surface area contributed by atoms with Gasteiger partial charge in [-0.2, -0.15) is 0 Å². The van der Waals surface area contributed by atoms with Crippen LogP contribution in [-0.4, -0.2) is 15.5 Å². The van der Waals surface area contributed by atoms with Gasteiger partial charge in [-0.15, -0.1) is 0 Å². The third kappa shape index (κ3) is 3.32. The summed E-state index contributed by atoms with van der Waals surface area (Å²) in [5, 5.41) is 2.88. The van der Waals surface area contributed by atoms with Crippen molar-refractivity contribution in [2.45, 2.75) is 11.8 Å². The summed E-state index contributed by atoms with van der Waals surface area (Å²) in [6.07, 6.45) is 0. The van der Waals surface area contributed by atoms with Gasteiger partial charge in [-0.25, -0.2) is 8.42 Å². The minimum absolute atomic E-state index is 0.222. The average molecular weight is 355 g/mol. The first kappa shape index (κ1) is 14.9. The number of anilines is 2. The minimum atomic E-state index is -3.62. The second kappa shape index (κ2) is 5.85. The van der Waals surface area contributed by atoms with Crippen molar-refractivity contribution >= 4 is 37.3 Å². The number of benzene rings is 2. The van der Waals surface area contributed by atoms with Gasteiger partial charge in [0, 0.05) is 11.5 Å². The van der Waals surface area contributed by atoms with Crippen molar-refractivity contribution in [2.75, 3.05) is 17.1 Å². The van der Waals surface area contributed by atoms with Crippen LogP contribution in [0.5, 0.6) is 0 Å². The van der Waals surface area contributed by atoms with Crippen LogP contribution in [0.15, 0.2) is 51.8 Å². The molecule has 0 saturated heterocycles. The Bertz CT molecular complexity index is 709. The Morgan fingerprint density at radius 3 is 2.45 bits per heavy atom. The van der Waals surface area contributed by atoms with E-state index in [1.807, 2.05) is 13.0 Å². The van der Waals surface area contributed by atoms with Gasteiger partial charge < -0.3 is 5.32 Å². The normalized spacial score (nSPS) is 11.2. The fraction of sp³-hybridized carbons (Fsp3) is 0.143. The highest BCUT2D eigenvalue weighted by Gasteiger charge is 2.18. The number of aryl methyl sites for hydroxylation is 1. The highest BCUT2D eigenvalue weighted by Crippen LogP contribution is 2.25. The lowest BCUT2D eigenvalue weighted by molar-refractivity contribution is 0.601. The molecule has 4 nitrogen and oxygen atoms in total. The molecule has 2 N–H and O–H groups in total. The van der Waals surface area contributed by atoms with Crippen LogP contribution in [0, 0.1) is 6.92 Å². The minimum Gasteiger partial charge on any atom is -0.387 e. The highest BCUT2D eigenvalue weighted by atomic mass is 79.9. The van der Waals surface area contributed by atoms with Gasteiger partial charge in [0.25, 0.3) is 10.0 Å². The number of hydrogen-bond acceptors (Lipinski definition) is 3. The van der Waals surface area contributed by atoms with Crippen molar-refractivity contribution in [1.82, 2.24) is 0 Å². The van der Waals surface area contributed by atoms with E-state index in [9.17, 15) is 8.42 Å². The largest absolute Gasteiger partial charge is 0.387 e. The number of nitrogens with one attached hydrogen (secondary N) is 2. The zero-order valence-electron chi connectivity index (χ0n) is 11.1. The maximum absolute atomic E-state index is 12.4. The van der Waals surface area contributed by atoms with Gasteiger partial charge in [0.2, 0.25) is 0 Å². The molecule has 0 atom stereocenters. The predicted molar refractivity (Wildman–Crippen MR) is 85.7 cm³/mol. The Balaban J connectivity index is 2.41. The smallest absolute Gasteiger partial charge is 0.263 e. The number of para-hydroxylation sites is 1. The highest BCUT2D eigenvalue weighted by molar-refractivity contribution is 9.10. The molecule has 0 aromatic heterocycles. The molecule has 6 heteroatoms. The summed E-state index contributed by atoms with van der Waals surface area (Å²) in [5.74, 6) is 0. The number of sulfonamides is 1. The molecule has 20 heavy (non-hydrogen) atoms. The van der Waals surface area contributed by atoms with Gasteiger partial charge in [0.05, 0.1) is 11.4 Å². The fourth-order valence-electron chi connectivity index (χ4n) is 1.91. The molecule has 2 aromatic rings. The predicted octanol–water partition coefficient (Wildman–Crippen LogP) is 3.60. The summed E-state index contributed by atoms with van der Waals surface area (Å²) >= 11 is 3.36. The summed E-state index contributed by atoms with van der Waals surface area (Å²) in [6, 6.07) is 12.2. The van der Waals surface area contributed by atoms with Crippen molar-refractivity contribution in [1.29, 1.82) is 0 Å². The van der Waals surface area contributed by atoms with Gasteiger partial charge in [-0.1, -0.05) is 28.1 Å². The van der Waals surface area contributed by atoms with Crippen molar-refractivity contribution in [3.8, 4) is 0 Å². The standard InChI is InChI=1S/C14H15BrN2O2S/c1-10-7-11(15)9-12(8-10)17-20(18,19)14-6-4-3-5-13(14)16-2/h3-9,16-17H,1-2H3. The monoisotopic (exact) mass is 354 g/mol. The van der Waals surface area contributed by atoms with E-state index in [1.54, 1.807) is 43.4 Å². The van der Waals surface area contributed by atoms with Crippen LogP contribution in [0.3, 0.4) is 0 Å². The van der Waals surface area contributed by atoms with Crippen molar-refractivity contribution in [2.24, 2.45) is 0 Å². The molecule has 0 aliphatic heterocycles. The first-order valence-electron chi connectivity index (χ1n) is 5.99. The molecular weight excluding hydrogens is 340 g/mol. The fourth-order valence-corrected chi connectivity index (χ4v) is 3.78. The number of rotatable bonds is 4. The zero-order chi connectivity index (χ0) is 14.8. The van der Waals surface area contributed by atoms with Crippen LogP contribution in [0.4, 0.5) is 11.4 Å². The van der Waals surface area contributed by atoms with E-state index < -0.39 is 10.0 Å². The average Bonchev–Trinajstić information content (AvgIpc) is 2.36. The molecule has 0 unspecified atom stereocenters. The molecule has 0 aliphatic carbocycles. The van der Waals surface area contributed by atoms with Crippen molar-refractivity contribution < 1.29 is 8.42 Å². The van der Waals surface area contributed by atoms with Crippen LogP contribution in [0.25, 0.3) is 0 Å². The van der Waals surface area contributed by atoms with Gasteiger partial charge >= 0.3 is 0 Å². The first-order valence-corrected chi connectivity index (χ1v) is 8.27. The molecule has 0 amide bonds. The molecule has 2 rings (SSSR count). The third-order valence-electron chi connectivity index (χ3n) is 2.74. The quantitative estimate of drug-likeness (QED) is 0.881. The topological polar surface area (TPSA) is 58.2 Å². The second-order valence-corrected chi connectivity index (χ2v) is 6.94. The molecule has 0 spiro atoms. The maximum atomic E-state index is 12.4. The second-order valence-electron chi connectivity index (χ2n) is 4.37. The molecular formula is C14H15BrN2O2S. The summed E-state index contributed by atoms with van der Waals surface area (Å²) in [6.45, 7) is 1.91. The van der Waals surface area contributed by atoms with Crippen LogP contribution in [0.2, 0.25) is 0 Å². The van der Waals surface area contributed by atoms with Crippen LogP contribution >= 0.6 is 15.9 Å². The van der Waals surface area contributed by atoms with Gasteiger partial charge in [0.1, 0.15) is 4.90 Å². The van der Waals surface area contributed by atoms with Gasteiger partial charge in [-0.05, 0) is 42.8 Å². The SMILES string of the molecule is CNc1ccccc1S(=O)(=O)Nc1cc(C)cc(Br)c1. The lowest BCUT2D eigenvalue weighted by Crippen LogP contribution is -2.14. The van der Waals surface area contributed by atoms with Crippen molar-refractivity contribution in [3.05, 3.63) is 52.5 Å². The maximum Gasteiger partial charge on any atom is 0.263 e. The Morgan fingerprint density at radius 1 is 1.10 bits per heavy atom. The Kier molecular flexibility index (Phi) is 4.35. The van der Waals surface area contributed by atoms with E-state index in [0.717, 1.165) is 10.0 Å². The van der Waals surface area contributed by atoms with Gasteiger partial charge in [-0.3, -0.25) is 4.72 Å². The molecule has 0 radical (unpaired) electrons. The van der Waals surface area contributed by atoms with E-state index in [1.165, 1.54) is 0 Å². The lowest BCUT2D eigenvalue weighted by Gasteiger charge is -2.12. The van der Waals surface area contributed by atoms with E-state index in [4.69, 9.17) is 0 Å². The summed E-state index contributed by atoms with van der Waals surface area (Å²) in [7, 11) is -1.93. The van der Waals surface area contributed by atoms with Crippen LogP contribution in [0.1, 0.15) is 5.56 Å². The molecule has 0 fully saturated rings. The first-order chi connectivity index (χ1) is 9.42. The number of halogens is 1. The Labute approximate surface area is 127 Å². The van der Waals surface area contributed by atoms with E-state index in [-0.39, 0.29) is 4.90 Å². The molecule has 106 valence electrons. The Hall–Kier alpha value is -1.53. The van der Waals surface area contributed by atoms with Gasteiger partial charge in [0.15, 0.2) is 0 Å². The van der Waals surface area contributed by atoms with Crippen LogP contribution < -0.4 is 10.0 Å². The van der Waals surface area contributed by atoms with Crippen LogP contribution in [-0.2, 0) is 10.0 Å². The molecule has 0 saturated carbocycles. The summed E-state index contributed by atoms with van der Waals surface area (Å²) < 4.78 is 28.3. The molecule has 0 aliphatic rings. The lowest BCUT2D eigenvalue weighted by atomic mass is 10.2. The summed E-state index contributed by atoms with van der Waals surface area (Å²) in [5.41, 5.74) is 2.06. The zero-order valence-corrected chi connectivity index (χ0v) is 13.5. The molecule has 0 heterocycles. The van der Waals surface area contributed by atoms with E-state index in [2.05, 4.69) is 26.0 Å². The third-order valence-corrected chi connectivity index (χ3v) is 4.64. The van der Waals surface area contributed by atoms with E-state index in [0.29, 0.717) is 11.4 Å². The Morgan fingerprint density at radius 2 is 1.80 bits per heavy atom. The molecule has 2 aromatic carbocycles. The molecule has 0 bridgehead atoms.